The molecule has 1 aromatic heterocycles. The molecule has 0 saturated heterocycles. The molecule has 1 atom stereocenters. The minimum atomic E-state index is -0.995. The Bertz CT molecular complexity index is 376. The quantitative estimate of drug-likeness (QED) is 0.852. The maximum absolute atomic E-state index is 10.5. The van der Waals surface area contributed by atoms with E-state index in [0.29, 0.717) is 16.4 Å². The molecule has 1 N–H and O–H groups in total. The number of rotatable bonds is 4. The largest absolute Gasteiger partial charge is 0.479 e. The van der Waals surface area contributed by atoms with E-state index < -0.39 is 12.1 Å². The Balaban J connectivity index is 2.69. The van der Waals surface area contributed by atoms with Gasteiger partial charge < -0.3 is 9.84 Å². The number of halogens is 1. The fourth-order valence-electron chi connectivity index (χ4n) is 1.11. The Labute approximate surface area is 92.6 Å². The number of hydrogen-bond donors (Lipinski definition) is 1. The van der Waals surface area contributed by atoms with E-state index >= 15 is 0 Å². The van der Waals surface area contributed by atoms with E-state index in [1.807, 2.05) is 0 Å². The number of aliphatic carboxylic acids is 1. The molecular weight excluding hydrogens is 220 g/mol. The summed E-state index contributed by atoms with van der Waals surface area (Å²) in [7, 11) is 1.74. The molecule has 84 valence electrons. The molecule has 1 heterocycles. The molecule has 5 nitrogen and oxygen atoms in total. The van der Waals surface area contributed by atoms with Gasteiger partial charge in [-0.2, -0.15) is 5.10 Å². The van der Waals surface area contributed by atoms with Crippen molar-refractivity contribution in [3.05, 3.63) is 16.4 Å². The molecule has 1 aromatic rings. The predicted molar refractivity (Wildman–Crippen MR) is 54.8 cm³/mol. The lowest BCUT2D eigenvalue weighted by molar-refractivity contribution is -0.150. The van der Waals surface area contributed by atoms with Gasteiger partial charge in [-0.3, -0.25) is 4.68 Å². The summed E-state index contributed by atoms with van der Waals surface area (Å²) in [5.74, 6) is -0.995. The summed E-state index contributed by atoms with van der Waals surface area (Å²) in [6.07, 6.45) is -0.851. The van der Waals surface area contributed by atoms with Crippen LogP contribution in [0.15, 0.2) is 0 Å². The first kappa shape index (κ1) is 12.0. The Kier molecular flexibility index (Phi) is 3.71. The van der Waals surface area contributed by atoms with Crippen LogP contribution in [0.25, 0.3) is 0 Å². The van der Waals surface area contributed by atoms with Crippen LogP contribution in [0.5, 0.6) is 0 Å². The average Bonchev–Trinajstić information content (AvgIpc) is 2.38. The highest BCUT2D eigenvalue weighted by molar-refractivity contribution is 6.31. The highest BCUT2D eigenvalue weighted by atomic mass is 35.5. The van der Waals surface area contributed by atoms with Gasteiger partial charge in [-0.15, -0.1) is 0 Å². The monoisotopic (exact) mass is 232 g/mol. The van der Waals surface area contributed by atoms with E-state index in [1.165, 1.54) is 6.92 Å². The summed E-state index contributed by atoms with van der Waals surface area (Å²) >= 11 is 5.97. The molecule has 0 aliphatic rings. The lowest BCUT2D eigenvalue weighted by atomic mass is 10.3. The minimum absolute atomic E-state index is 0.143. The molecule has 0 aromatic carbocycles. The number of carboxylic acids is 1. The maximum Gasteiger partial charge on any atom is 0.332 e. The van der Waals surface area contributed by atoms with E-state index in [2.05, 4.69) is 5.10 Å². The van der Waals surface area contributed by atoms with Gasteiger partial charge in [-0.1, -0.05) is 11.6 Å². The SMILES string of the molecule is Cc1nn(C)c(COC(C)C(=O)O)c1Cl. The third-order valence-corrected chi connectivity index (χ3v) is 2.57. The third kappa shape index (κ3) is 2.70. The van der Waals surface area contributed by atoms with Crippen molar-refractivity contribution < 1.29 is 14.6 Å². The van der Waals surface area contributed by atoms with E-state index in [1.54, 1.807) is 18.7 Å². The summed E-state index contributed by atoms with van der Waals surface area (Å²) in [5.41, 5.74) is 1.39. The Morgan fingerprint density at radius 1 is 1.73 bits per heavy atom. The average molecular weight is 233 g/mol. The van der Waals surface area contributed by atoms with Crippen molar-refractivity contribution in [2.75, 3.05) is 0 Å². The van der Waals surface area contributed by atoms with Gasteiger partial charge in [0.25, 0.3) is 0 Å². The van der Waals surface area contributed by atoms with Crippen LogP contribution >= 0.6 is 11.6 Å². The number of aromatic nitrogens is 2. The number of carbonyl (C=O) groups is 1. The second-order valence-electron chi connectivity index (χ2n) is 3.26. The van der Waals surface area contributed by atoms with Crippen molar-refractivity contribution in [3.63, 3.8) is 0 Å². The van der Waals surface area contributed by atoms with Gasteiger partial charge in [0.05, 0.1) is 23.0 Å². The molecular formula is C9H13ClN2O3. The number of nitrogens with zero attached hydrogens (tertiary/aromatic N) is 2. The van der Waals surface area contributed by atoms with E-state index in [0.717, 1.165) is 0 Å². The zero-order valence-corrected chi connectivity index (χ0v) is 9.58. The summed E-state index contributed by atoms with van der Waals surface area (Å²) in [6, 6.07) is 0. The Hall–Kier alpha value is -1.07. The number of aryl methyl sites for hydroxylation is 2. The van der Waals surface area contributed by atoms with Gasteiger partial charge in [-0.05, 0) is 13.8 Å². The van der Waals surface area contributed by atoms with Gasteiger partial charge in [-0.25, -0.2) is 4.79 Å². The zero-order valence-electron chi connectivity index (χ0n) is 8.82. The summed E-state index contributed by atoms with van der Waals surface area (Å²) < 4.78 is 6.71. The van der Waals surface area contributed by atoms with Gasteiger partial charge in [0.15, 0.2) is 6.10 Å². The lowest BCUT2D eigenvalue weighted by Crippen LogP contribution is -2.20. The number of ether oxygens (including phenoxy) is 1. The number of hydrogen-bond acceptors (Lipinski definition) is 3. The standard InChI is InChI=1S/C9H13ClN2O3/c1-5-8(10)7(12(3)11-5)4-15-6(2)9(13)14/h6H,4H2,1-3H3,(H,13,14). The van der Waals surface area contributed by atoms with Crippen LogP contribution in [0.4, 0.5) is 0 Å². The first-order valence-electron chi connectivity index (χ1n) is 4.46. The minimum Gasteiger partial charge on any atom is -0.479 e. The summed E-state index contributed by atoms with van der Waals surface area (Å²) in [4.78, 5) is 10.5. The molecule has 1 rings (SSSR count). The molecule has 0 fully saturated rings. The predicted octanol–water partition coefficient (Wildman–Crippen LogP) is 1.37. The van der Waals surface area contributed by atoms with Crippen molar-refractivity contribution in [1.29, 1.82) is 0 Å². The fourth-order valence-corrected chi connectivity index (χ4v) is 1.33. The maximum atomic E-state index is 10.5. The highest BCUT2D eigenvalue weighted by Crippen LogP contribution is 2.20. The van der Waals surface area contributed by atoms with Gasteiger partial charge in [0, 0.05) is 7.05 Å². The summed E-state index contributed by atoms with van der Waals surface area (Å²) in [5, 5.41) is 13.2. The molecule has 0 amide bonds. The Morgan fingerprint density at radius 2 is 2.33 bits per heavy atom. The normalized spacial score (nSPS) is 12.8. The molecule has 0 radical (unpaired) electrons. The topological polar surface area (TPSA) is 64.4 Å². The molecule has 0 saturated carbocycles. The van der Waals surface area contributed by atoms with Gasteiger partial charge in [0.2, 0.25) is 0 Å². The number of carboxylic acid groups (broad SMARTS) is 1. The highest BCUT2D eigenvalue weighted by Gasteiger charge is 2.15. The van der Waals surface area contributed by atoms with Crippen LogP contribution in [0.1, 0.15) is 18.3 Å². The zero-order chi connectivity index (χ0) is 11.6. The van der Waals surface area contributed by atoms with Crippen LogP contribution in [-0.2, 0) is 23.2 Å². The molecule has 0 bridgehead atoms. The fraction of sp³-hybridized carbons (Fsp3) is 0.556. The van der Waals surface area contributed by atoms with Crippen molar-refractivity contribution in [2.45, 2.75) is 26.6 Å². The molecule has 0 aliphatic heterocycles. The van der Waals surface area contributed by atoms with Crippen LogP contribution in [0.2, 0.25) is 5.02 Å². The second kappa shape index (κ2) is 4.63. The summed E-state index contributed by atoms with van der Waals surface area (Å²) in [6.45, 7) is 3.40. The Morgan fingerprint density at radius 3 is 2.73 bits per heavy atom. The van der Waals surface area contributed by atoms with Crippen LogP contribution in [0, 0.1) is 6.92 Å². The molecule has 1 unspecified atom stereocenters. The third-order valence-electron chi connectivity index (χ3n) is 2.08. The van der Waals surface area contributed by atoms with Crippen LogP contribution in [0.3, 0.4) is 0 Å². The first-order chi connectivity index (χ1) is 6.93. The van der Waals surface area contributed by atoms with E-state index in [9.17, 15) is 4.79 Å². The molecule has 15 heavy (non-hydrogen) atoms. The molecule has 6 heteroatoms. The smallest absolute Gasteiger partial charge is 0.332 e. The van der Waals surface area contributed by atoms with E-state index in [-0.39, 0.29) is 6.61 Å². The van der Waals surface area contributed by atoms with Crippen molar-refractivity contribution in [1.82, 2.24) is 9.78 Å². The first-order valence-corrected chi connectivity index (χ1v) is 4.83. The van der Waals surface area contributed by atoms with E-state index in [4.69, 9.17) is 21.4 Å². The second-order valence-corrected chi connectivity index (χ2v) is 3.64. The van der Waals surface area contributed by atoms with Gasteiger partial charge >= 0.3 is 5.97 Å². The van der Waals surface area contributed by atoms with Crippen LogP contribution in [-0.4, -0.2) is 27.0 Å². The van der Waals surface area contributed by atoms with Crippen LogP contribution < -0.4 is 0 Å². The lowest BCUT2D eigenvalue weighted by Gasteiger charge is -2.08. The van der Waals surface area contributed by atoms with Gasteiger partial charge in [0.1, 0.15) is 0 Å². The van der Waals surface area contributed by atoms with Crippen molar-refractivity contribution >= 4 is 17.6 Å². The van der Waals surface area contributed by atoms with Crippen molar-refractivity contribution in [2.24, 2.45) is 7.05 Å². The molecule has 0 aliphatic carbocycles. The van der Waals surface area contributed by atoms with Crippen molar-refractivity contribution in [3.8, 4) is 0 Å². The molecule has 0 spiro atoms.